The number of hydrogen-bond acceptors (Lipinski definition) is 5. The Morgan fingerprint density at radius 2 is 1.77 bits per heavy atom. The summed E-state index contributed by atoms with van der Waals surface area (Å²) in [5, 5.41) is 2.97. The molecule has 4 rings (SSSR count). The lowest BCUT2D eigenvalue weighted by Gasteiger charge is -2.30. The van der Waals surface area contributed by atoms with Crippen LogP contribution in [0.1, 0.15) is 27.9 Å². The zero-order chi connectivity index (χ0) is 21.3. The number of hydrogen-bond donors (Lipinski definition) is 1. The molecule has 0 saturated carbocycles. The summed E-state index contributed by atoms with van der Waals surface area (Å²) in [7, 11) is -0.688. The number of benzene rings is 2. The van der Waals surface area contributed by atoms with Gasteiger partial charge in [0.15, 0.2) is 0 Å². The minimum absolute atomic E-state index is 0.101. The van der Waals surface area contributed by atoms with Crippen molar-refractivity contribution in [3.8, 4) is 0 Å². The molecule has 1 aliphatic carbocycles. The van der Waals surface area contributed by atoms with Gasteiger partial charge in [-0.05, 0) is 60.7 Å². The molecule has 1 N–H and O–H groups in total. The lowest BCUT2D eigenvalue weighted by Crippen LogP contribution is -2.37. The van der Waals surface area contributed by atoms with Gasteiger partial charge in [0.1, 0.15) is 0 Å². The Hall–Kier alpha value is -2.42. The van der Waals surface area contributed by atoms with Crippen molar-refractivity contribution < 1.29 is 17.9 Å². The Morgan fingerprint density at radius 1 is 1.03 bits per heavy atom. The van der Waals surface area contributed by atoms with Crippen LogP contribution in [0.25, 0.3) is 0 Å². The second-order valence-corrected chi connectivity index (χ2v) is 10.0. The molecule has 0 aromatic heterocycles. The van der Waals surface area contributed by atoms with Crippen LogP contribution in [0.5, 0.6) is 0 Å². The highest BCUT2D eigenvalue weighted by Crippen LogP contribution is 2.29. The van der Waals surface area contributed by atoms with Crippen LogP contribution < -0.4 is 10.2 Å². The first-order valence-corrected chi connectivity index (χ1v) is 11.6. The predicted molar refractivity (Wildman–Crippen MR) is 117 cm³/mol. The molecule has 2 aromatic rings. The summed E-state index contributed by atoms with van der Waals surface area (Å²) in [5.74, 6) is -0.315. The minimum Gasteiger partial charge on any atom is -0.378 e. The van der Waals surface area contributed by atoms with Crippen LogP contribution in [0.2, 0.25) is 0 Å². The summed E-state index contributed by atoms with van der Waals surface area (Å²) in [4.78, 5) is 15.4. The maximum atomic E-state index is 13.2. The van der Waals surface area contributed by atoms with Gasteiger partial charge < -0.3 is 15.0 Å². The molecule has 160 valence electrons. The number of ether oxygens (including phenoxy) is 1. The van der Waals surface area contributed by atoms with Crippen molar-refractivity contribution in [2.45, 2.75) is 24.2 Å². The Morgan fingerprint density at radius 3 is 2.50 bits per heavy atom. The van der Waals surface area contributed by atoms with Crippen LogP contribution in [-0.4, -0.2) is 59.0 Å². The highest BCUT2D eigenvalue weighted by molar-refractivity contribution is 7.89. The number of aryl methyl sites for hydroxylation is 2. The van der Waals surface area contributed by atoms with E-state index < -0.39 is 10.0 Å². The van der Waals surface area contributed by atoms with Crippen LogP contribution in [0.4, 0.5) is 11.4 Å². The van der Waals surface area contributed by atoms with Crippen LogP contribution in [0, 0.1) is 0 Å². The van der Waals surface area contributed by atoms with E-state index in [1.165, 1.54) is 31.3 Å². The number of nitrogens with zero attached hydrogens (tertiary/aromatic N) is 2. The van der Waals surface area contributed by atoms with Crippen LogP contribution in [0.3, 0.4) is 0 Å². The Bertz CT molecular complexity index is 1060. The molecule has 1 amide bonds. The largest absolute Gasteiger partial charge is 0.378 e. The number of carbonyl (C=O) groups is 1. The lowest BCUT2D eigenvalue weighted by atomic mass is 10.1. The van der Waals surface area contributed by atoms with Crippen molar-refractivity contribution in [3.63, 3.8) is 0 Å². The van der Waals surface area contributed by atoms with E-state index >= 15 is 0 Å². The van der Waals surface area contributed by atoms with Gasteiger partial charge in [-0.25, -0.2) is 12.7 Å². The molecule has 1 heterocycles. The van der Waals surface area contributed by atoms with Crippen LogP contribution >= 0.6 is 0 Å². The van der Waals surface area contributed by atoms with E-state index in [0.717, 1.165) is 34.9 Å². The fourth-order valence-corrected chi connectivity index (χ4v) is 4.92. The van der Waals surface area contributed by atoms with E-state index in [9.17, 15) is 13.2 Å². The molecule has 1 saturated heterocycles. The Labute approximate surface area is 177 Å². The summed E-state index contributed by atoms with van der Waals surface area (Å²) in [5.41, 5.74) is 4.40. The maximum absolute atomic E-state index is 13.2. The van der Waals surface area contributed by atoms with Gasteiger partial charge in [0.25, 0.3) is 5.91 Å². The summed E-state index contributed by atoms with van der Waals surface area (Å²) in [6, 6.07) is 10.8. The van der Waals surface area contributed by atoms with Crippen molar-refractivity contribution >= 4 is 27.3 Å². The number of amides is 1. The van der Waals surface area contributed by atoms with Crippen molar-refractivity contribution in [2.75, 3.05) is 50.6 Å². The second-order valence-electron chi connectivity index (χ2n) is 7.86. The molecule has 0 bridgehead atoms. The van der Waals surface area contributed by atoms with Gasteiger partial charge in [-0.15, -0.1) is 0 Å². The van der Waals surface area contributed by atoms with Crippen LogP contribution in [-0.2, 0) is 27.6 Å². The van der Waals surface area contributed by atoms with E-state index in [-0.39, 0.29) is 10.8 Å². The summed E-state index contributed by atoms with van der Waals surface area (Å²) >= 11 is 0. The summed E-state index contributed by atoms with van der Waals surface area (Å²) in [6.07, 6.45) is 3.24. The molecular formula is C22H27N3O4S. The van der Waals surface area contributed by atoms with Gasteiger partial charge in [0.2, 0.25) is 10.0 Å². The predicted octanol–water partition coefficient (Wildman–Crippen LogP) is 2.51. The Balaban J connectivity index is 1.70. The highest BCUT2D eigenvalue weighted by atomic mass is 32.2. The maximum Gasteiger partial charge on any atom is 0.257 e. The molecule has 2 aliphatic rings. The number of morpholine rings is 1. The molecule has 8 heteroatoms. The Kier molecular flexibility index (Phi) is 5.81. The number of fused-ring (bicyclic) bond motifs is 1. The van der Waals surface area contributed by atoms with E-state index in [1.807, 2.05) is 12.1 Å². The highest BCUT2D eigenvalue weighted by Gasteiger charge is 2.24. The number of sulfonamides is 1. The molecule has 30 heavy (non-hydrogen) atoms. The van der Waals surface area contributed by atoms with Crippen molar-refractivity contribution in [1.82, 2.24) is 4.31 Å². The third-order valence-electron chi connectivity index (χ3n) is 5.70. The average Bonchev–Trinajstić information content (AvgIpc) is 3.21. The molecule has 0 unspecified atom stereocenters. The molecule has 2 aromatic carbocycles. The number of rotatable bonds is 5. The van der Waals surface area contributed by atoms with Gasteiger partial charge >= 0.3 is 0 Å². The van der Waals surface area contributed by atoms with E-state index in [2.05, 4.69) is 16.3 Å². The molecule has 7 nitrogen and oxygen atoms in total. The third-order valence-corrected chi connectivity index (χ3v) is 7.51. The number of carbonyl (C=O) groups excluding carboxylic acids is 1. The van der Waals surface area contributed by atoms with Gasteiger partial charge in [0, 0.05) is 38.6 Å². The van der Waals surface area contributed by atoms with Gasteiger partial charge in [-0.1, -0.05) is 6.07 Å². The molecule has 1 aliphatic heterocycles. The monoisotopic (exact) mass is 429 g/mol. The second kappa shape index (κ2) is 8.37. The molecule has 0 spiro atoms. The fraction of sp³-hybridized carbons (Fsp3) is 0.409. The fourth-order valence-electron chi connectivity index (χ4n) is 4.00. The number of nitrogens with one attached hydrogen (secondary N) is 1. The number of anilines is 2. The van der Waals surface area contributed by atoms with E-state index in [4.69, 9.17) is 4.74 Å². The summed E-state index contributed by atoms with van der Waals surface area (Å²) in [6.45, 7) is 2.45. The standard InChI is InChI=1S/C22H27N3O4S/c1-24(2)30(27,28)19-8-9-21(25-10-12-29-13-11-25)20(15-19)22(26)23-18-7-6-16-4-3-5-17(16)14-18/h6-9,14-15H,3-5,10-13H2,1-2H3,(H,23,26). The van der Waals surface area contributed by atoms with Crippen molar-refractivity contribution in [2.24, 2.45) is 0 Å². The normalized spacial score (nSPS) is 16.6. The van der Waals surface area contributed by atoms with Crippen LogP contribution in [0.15, 0.2) is 41.3 Å². The van der Waals surface area contributed by atoms with Gasteiger partial charge in [0.05, 0.1) is 23.7 Å². The molecule has 0 atom stereocenters. The molecule has 1 fully saturated rings. The van der Waals surface area contributed by atoms with Crippen molar-refractivity contribution in [1.29, 1.82) is 0 Å². The quantitative estimate of drug-likeness (QED) is 0.790. The molecular weight excluding hydrogens is 402 g/mol. The van der Waals surface area contributed by atoms with Gasteiger partial charge in [-0.3, -0.25) is 4.79 Å². The smallest absolute Gasteiger partial charge is 0.257 e. The SMILES string of the molecule is CN(C)S(=O)(=O)c1ccc(N2CCOCC2)c(C(=O)Nc2ccc3c(c2)CCC3)c1. The van der Waals surface area contributed by atoms with Crippen molar-refractivity contribution in [3.05, 3.63) is 53.1 Å². The zero-order valence-electron chi connectivity index (χ0n) is 17.3. The first-order valence-electron chi connectivity index (χ1n) is 10.2. The minimum atomic E-state index is -3.65. The topological polar surface area (TPSA) is 79.0 Å². The summed E-state index contributed by atoms with van der Waals surface area (Å²) < 4.78 is 31.9. The average molecular weight is 430 g/mol. The van der Waals surface area contributed by atoms with Gasteiger partial charge in [-0.2, -0.15) is 0 Å². The first kappa shape index (κ1) is 20.8. The third kappa shape index (κ3) is 4.08. The molecule has 0 radical (unpaired) electrons. The zero-order valence-corrected chi connectivity index (χ0v) is 18.2. The van der Waals surface area contributed by atoms with E-state index in [0.29, 0.717) is 31.9 Å². The first-order chi connectivity index (χ1) is 14.4. The van der Waals surface area contributed by atoms with E-state index in [1.54, 1.807) is 12.1 Å². The lowest BCUT2D eigenvalue weighted by molar-refractivity contribution is 0.102.